The molecule has 0 aliphatic rings. The lowest BCUT2D eigenvalue weighted by atomic mass is 10.1. The summed E-state index contributed by atoms with van der Waals surface area (Å²) in [6, 6.07) is 20.4. The summed E-state index contributed by atoms with van der Waals surface area (Å²) in [5.74, 6) is 0.398. The molecule has 0 unspecified atom stereocenters. The number of hydrogen-bond acceptors (Lipinski definition) is 5. The maximum Gasteiger partial charge on any atom is 0.312 e. The molecule has 0 saturated carbocycles. The SMILES string of the molecule is CS(=O)(=O)c1ccc(Oc2ccc(-c3ccccc3)cc2)c([N+](=O)[O-])c1. The maximum atomic E-state index is 11.6. The molecule has 0 aromatic heterocycles. The fourth-order valence-electron chi connectivity index (χ4n) is 2.43. The van der Waals surface area contributed by atoms with E-state index >= 15 is 0 Å². The second-order valence-electron chi connectivity index (χ2n) is 5.65. The van der Waals surface area contributed by atoms with Crippen molar-refractivity contribution in [3.8, 4) is 22.6 Å². The smallest absolute Gasteiger partial charge is 0.312 e. The number of benzene rings is 3. The van der Waals surface area contributed by atoms with Crippen molar-refractivity contribution >= 4 is 15.5 Å². The van der Waals surface area contributed by atoms with Crippen molar-refractivity contribution in [1.82, 2.24) is 0 Å². The zero-order valence-electron chi connectivity index (χ0n) is 13.8. The van der Waals surface area contributed by atoms with Crippen LogP contribution in [0.25, 0.3) is 11.1 Å². The van der Waals surface area contributed by atoms with E-state index in [9.17, 15) is 18.5 Å². The van der Waals surface area contributed by atoms with Crippen LogP contribution in [-0.2, 0) is 9.84 Å². The number of nitrogens with zero attached hydrogens (tertiary/aromatic N) is 1. The Bertz CT molecular complexity index is 1050. The highest BCUT2D eigenvalue weighted by atomic mass is 32.2. The Morgan fingerprint density at radius 3 is 2.08 bits per heavy atom. The standard InChI is InChI=1S/C19H15NO5S/c1-26(23,24)17-11-12-19(18(13-17)20(21)22)25-16-9-7-15(8-10-16)14-5-3-2-4-6-14/h2-13H,1H3. The van der Waals surface area contributed by atoms with E-state index < -0.39 is 20.4 Å². The first-order chi connectivity index (χ1) is 12.3. The van der Waals surface area contributed by atoms with Crippen LogP contribution in [-0.4, -0.2) is 19.6 Å². The number of nitro groups is 1. The largest absolute Gasteiger partial charge is 0.450 e. The molecule has 0 spiro atoms. The molecule has 26 heavy (non-hydrogen) atoms. The molecule has 7 heteroatoms. The Morgan fingerprint density at radius 2 is 1.50 bits per heavy atom. The minimum atomic E-state index is -3.54. The first-order valence-electron chi connectivity index (χ1n) is 7.66. The molecule has 0 amide bonds. The summed E-state index contributed by atoms with van der Waals surface area (Å²) in [6.45, 7) is 0. The Morgan fingerprint density at radius 1 is 0.885 bits per heavy atom. The van der Waals surface area contributed by atoms with Crippen LogP contribution in [0.5, 0.6) is 11.5 Å². The minimum Gasteiger partial charge on any atom is -0.450 e. The molecule has 0 heterocycles. The lowest BCUT2D eigenvalue weighted by Crippen LogP contribution is -2.00. The van der Waals surface area contributed by atoms with E-state index in [-0.39, 0.29) is 10.6 Å². The molecule has 0 atom stereocenters. The summed E-state index contributed by atoms with van der Waals surface area (Å²) in [7, 11) is -3.54. The van der Waals surface area contributed by atoms with E-state index in [1.54, 1.807) is 12.1 Å². The molecule has 0 aliphatic heterocycles. The van der Waals surface area contributed by atoms with Crippen LogP contribution < -0.4 is 4.74 Å². The summed E-state index contributed by atoms with van der Waals surface area (Å²) < 4.78 is 28.8. The predicted octanol–water partition coefficient (Wildman–Crippen LogP) is 4.46. The molecule has 132 valence electrons. The van der Waals surface area contributed by atoms with E-state index in [2.05, 4.69) is 0 Å². The molecule has 0 aliphatic carbocycles. The van der Waals surface area contributed by atoms with Gasteiger partial charge < -0.3 is 4.74 Å². The monoisotopic (exact) mass is 369 g/mol. The van der Waals surface area contributed by atoms with Gasteiger partial charge in [-0.05, 0) is 35.4 Å². The Kier molecular flexibility index (Phi) is 4.73. The van der Waals surface area contributed by atoms with Gasteiger partial charge in [0.25, 0.3) is 0 Å². The topological polar surface area (TPSA) is 86.5 Å². The molecule has 3 rings (SSSR count). The van der Waals surface area contributed by atoms with Gasteiger partial charge in [0.15, 0.2) is 9.84 Å². The van der Waals surface area contributed by atoms with Gasteiger partial charge >= 0.3 is 5.69 Å². The van der Waals surface area contributed by atoms with Crippen molar-refractivity contribution < 1.29 is 18.1 Å². The molecule has 0 bridgehead atoms. The van der Waals surface area contributed by atoms with Gasteiger partial charge in [0.2, 0.25) is 5.75 Å². The van der Waals surface area contributed by atoms with E-state index in [1.165, 1.54) is 12.1 Å². The fraction of sp³-hybridized carbons (Fsp3) is 0.0526. The van der Waals surface area contributed by atoms with Crippen LogP contribution in [0.4, 0.5) is 5.69 Å². The van der Waals surface area contributed by atoms with E-state index in [4.69, 9.17) is 4.74 Å². The molecule has 0 N–H and O–H groups in total. The Hall–Kier alpha value is -3.19. The second-order valence-corrected chi connectivity index (χ2v) is 7.67. The molecule has 0 radical (unpaired) electrons. The average Bonchev–Trinajstić information content (AvgIpc) is 2.62. The van der Waals surface area contributed by atoms with Crippen molar-refractivity contribution in [2.24, 2.45) is 0 Å². The first kappa shape index (κ1) is 17.6. The summed E-state index contributed by atoms with van der Waals surface area (Å²) in [6.07, 6.45) is 0.995. The Balaban J connectivity index is 1.90. The predicted molar refractivity (Wildman–Crippen MR) is 98.2 cm³/mol. The third-order valence-electron chi connectivity index (χ3n) is 3.74. The summed E-state index contributed by atoms with van der Waals surface area (Å²) in [4.78, 5) is 10.5. The molecule has 0 fully saturated rings. The maximum absolute atomic E-state index is 11.6. The van der Waals surface area contributed by atoms with Gasteiger partial charge in [0, 0.05) is 12.3 Å². The normalized spacial score (nSPS) is 11.1. The van der Waals surface area contributed by atoms with E-state index in [0.29, 0.717) is 5.75 Å². The number of nitro benzene ring substituents is 1. The zero-order valence-corrected chi connectivity index (χ0v) is 14.6. The third-order valence-corrected chi connectivity index (χ3v) is 4.85. The molecule has 3 aromatic rings. The van der Waals surface area contributed by atoms with Crippen molar-refractivity contribution in [3.05, 3.63) is 82.9 Å². The highest BCUT2D eigenvalue weighted by molar-refractivity contribution is 7.90. The van der Waals surface area contributed by atoms with Crippen molar-refractivity contribution in [2.75, 3.05) is 6.26 Å². The molecular weight excluding hydrogens is 354 g/mol. The van der Waals surface area contributed by atoms with Crippen molar-refractivity contribution in [2.45, 2.75) is 4.90 Å². The van der Waals surface area contributed by atoms with Crippen molar-refractivity contribution in [3.63, 3.8) is 0 Å². The van der Waals surface area contributed by atoms with Crippen LogP contribution >= 0.6 is 0 Å². The fourth-order valence-corrected chi connectivity index (χ4v) is 3.07. The highest BCUT2D eigenvalue weighted by Crippen LogP contribution is 2.34. The zero-order chi connectivity index (χ0) is 18.7. The Labute approximate surface area is 150 Å². The third kappa shape index (κ3) is 3.89. The quantitative estimate of drug-likeness (QED) is 0.489. The van der Waals surface area contributed by atoms with Gasteiger partial charge in [-0.3, -0.25) is 10.1 Å². The lowest BCUT2D eigenvalue weighted by molar-refractivity contribution is -0.385. The van der Waals surface area contributed by atoms with Crippen molar-refractivity contribution in [1.29, 1.82) is 0 Å². The van der Waals surface area contributed by atoms with Gasteiger partial charge in [-0.25, -0.2) is 8.42 Å². The van der Waals surface area contributed by atoms with Crippen LogP contribution in [0.2, 0.25) is 0 Å². The molecular formula is C19H15NO5S. The highest BCUT2D eigenvalue weighted by Gasteiger charge is 2.20. The van der Waals surface area contributed by atoms with Gasteiger partial charge in [-0.2, -0.15) is 0 Å². The first-order valence-corrected chi connectivity index (χ1v) is 9.55. The van der Waals surface area contributed by atoms with E-state index in [1.807, 2.05) is 42.5 Å². The summed E-state index contributed by atoms with van der Waals surface area (Å²) >= 11 is 0. The number of hydrogen-bond donors (Lipinski definition) is 0. The van der Waals surface area contributed by atoms with Crippen LogP contribution in [0.15, 0.2) is 77.7 Å². The van der Waals surface area contributed by atoms with Crippen LogP contribution in [0, 0.1) is 10.1 Å². The molecule has 3 aromatic carbocycles. The summed E-state index contributed by atoms with van der Waals surface area (Å²) in [5, 5.41) is 11.3. The van der Waals surface area contributed by atoms with Gasteiger partial charge in [-0.15, -0.1) is 0 Å². The molecule has 0 saturated heterocycles. The minimum absolute atomic E-state index is 0.0186. The second kappa shape index (κ2) is 6.97. The lowest BCUT2D eigenvalue weighted by Gasteiger charge is -2.08. The average molecular weight is 369 g/mol. The number of sulfone groups is 1. The van der Waals surface area contributed by atoms with E-state index in [0.717, 1.165) is 23.4 Å². The molecule has 6 nitrogen and oxygen atoms in total. The summed E-state index contributed by atoms with van der Waals surface area (Å²) in [5.41, 5.74) is 1.63. The van der Waals surface area contributed by atoms with Crippen LogP contribution in [0.1, 0.15) is 0 Å². The van der Waals surface area contributed by atoms with Gasteiger partial charge in [0.1, 0.15) is 5.75 Å². The number of rotatable bonds is 5. The van der Waals surface area contributed by atoms with Crippen LogP contribution in [0.3, 0.4) is 0 Å². The van der Waals surface area contributed by atoms with Gasteiger partial charge in [-0.1, -0.05) is 42.5 Å². The van der Waals surface area contributed by atoms with Gasteiger partial charge in [0.05, 0.1) is 9.82 Å². The number of ether oxygens (including phenoxy) is 1.